The molecule has 0 spiro atoms. The van der Waals surface area contributed by atoms with E-state index in [1.807, 2.05) is 42.6 Å². The molecule has 0 aliphatic rings. The summed E-state index contributed by atoms with van der Waals surface area (Å²) in [5.41, 5.74) is 4.39. The van der Waals surface area contributed by atoms with Gasteiger partial charge in [-0.2, -0.15) is 0 Å². The van der Waals surface area contributed by atoms with E-state index in [0.717, 1.165) is 24.4 Å². The second-order valence-corrected chi connectivity index (χ2v) is 5.98. The Balaban J connectivity index is 2.24. The van der Waals surface area contributed by atoms with Crippen LogP contribution in [0.1, 0.15) is 23.6 Å². The Labute approximate surface area is 143 Å². The second-order valence-electron chi connectivity index (χ2n) is 5.58. The minimum atomic E-state index is 0.675. The first-order valence-electron chi connectivity index (χ1n) is 7.70. The standard InChI is InChI=1S/C19H23ClN2O/c1-5-22(3)13-21-19-9-14(2)16(12-18(19)20)10-15-7-6-8-17(11-15)23-4/h6-9,11-13H,5,10H2,1-4H3. The third kappa shape index (κ3) is 4.73. The molecule has 2 rings (SSSR count). The van der Waals surface area contributed by atoms with Crippen LogP contribution in [0.25, 0.3) is 0 Å². The predicted octanol–water partition coefficient (Wildman–Crippen LogP) is 4.86. The van der Waals surface area contributed by atoms with Gasteiger partial charge in [-0.25, -0.2) is 4.99 Å². The van der Waals surface area contributed by atoms with Crippen LogP contribution in [-0.4, -0.2) is 31.9 Å². The van der Waals surface area contributed by atoms with Crippen LogP contribution in [0.4, 0.5) is 5.69 Å². The molecule has 0 saturated heterocycles. The molecule has 0 heterocycles. The van der Waals surface area contributed by atoms with Crippen LogP contribution in [0, 0.1) is 6.92 Å². The zero-order valence-electron chi connectivity index (χ0n) is 14.1. The molecule has 122 valence electrons. The summed E-state index contributed by atoms with van der Waals surface area (Å²) in [5.74, 6) is 0.870. The predicted molar refractivity (Wildman–Crippen MR) is 98.4 cm³/mol. The number of halogens is 1. The topological polar surface area (TPSA) is 24.8 Å². The lowest BCUT2D eigenvalue weighted by molar-refractivity contribution is 0.414. The lowest BCUT2D eigenvalue weighted by atomic mass is 10.00. The van der Waals surface area contributed by atoms with Gasteiger partial charge in [0.25, 0.3) is 0 Å². The van der Waals surface area contributed by atoms with Crippen LogP contribution >= 0.6 is 11.6 Å². The maximum absolute atomic E-state index is 6.40. The van der Waals surface area contributed by atoms with Gasteiger partial charge in [0.2, 0.25) is 0 Å². The van der Waals surface area contributed by atoms with Crippen molar-refractivity contribution in [1.82, 2.24) is 4.90 Å². The van der Waals surface area contributed by atoms with Gasteiger partial charge in [-0.1, -0.05) is 23.7 Å². The molecule has 0 aromatic heterocycles. The van der Waals surface area contributed by atoms with E-state index in [2.05, 4.69) is 31.0 Å². The van der Waals surface area contributed by atoms with Crippen molar-refractivity contribution in [3.05, 3.63) is 58.1 Å². The van der Waals surface area contributed by atoms with Gasteiger partial charge in [-0.15, -0.1) is 0 Å². The Morgan fingerprint density at radius 2 is 2.04 bits per heavy atom. The molecule has 0 aliphatic heterocycles. The molecular weight excluding hydrogens is 308 g/mol. The van der Waals surface area contributed by atoms with Crippen molar-refractivity contribution in [3.63, 3.8) is 0 Å². The highest BCUT2D eigenvalue weighted by atomic mass is 35.5. The highest BCUT2D eigenvalue weighted by Gasteiger charge is 2.07. The van der Waals surface area contributed by atoms with E-state index >= 15 is 0 Å². The van der Waals surface area contributed by atoms with Crippen molar-refractivity contribution in [1.29, 1.82) is 0 Å². The molecule has 0 aliphatic carbocycles. The zero-order valence-corrected chi connectivity index (χ0v) is 14.9. The van der Waals surface area contributed by atoms with E-state index in [4.69, 9.17) is 16.3 Å². The number of aliphatic imine (C=N–C) groups is 1. The van der Waals surface area contributed by atoms with E-state index < -0.39 is 0 Å². The number of nitrogens with zero attached hydrogens (tertiary/aromatic N) is 2. The first-order valence-corrected chi connectivity index (χ1v) is 8.07. The average molecular weight is 331 g/mol. The molecule has 23 heavy (non-hydrogen) atoms. The summed E-state index contributed by atoms with van der Waals surface area (Å²) in [6.45, 7) is 5.08. The summed E-state index contributed by atoms with van der Waals surface area (Å²) in [6, 6.07) is 12.1. The van der Waals surface area contributed by atoms with Gasteiger partial charge in [0.15, 0.2) is 0 Å². The highest BCUT2D eigenvalue weighted by Crippen LogP contribution is 2.30. The van der Waals surface area contributed by atoms with Crippen LogP contribution in [0.5, 0.6) is 5.75 Å². The number of methoxy groups -OCH3 is 1. The fourth-order valence-corrected chi connectivity index (χ4v) is 2.48. The van der Waals surface area contributed by atoms with Crippen molar-refractivity contribution in [2.24, 2.45) is 4.99 Å². The van der Waals surface area contributed by atoms with Crippen LogP contribution < -0.4 is 4.74 Å². The largest absolute Gasteiger partial charge is 0.497 e. The summed E-state index contributed by atoms with van der Waals surface area (Å²) >= 11 is 6.40. The number of benzene rings is 2. The molecule has 4 heteroatoms. The van der Waals surface area contributed by atoms with Gasteiger partial charge in [0.1, 0.15) is 5.75 Å². The molecule has 0 saturated carbocycles. The SMILES string of the molecule is CCN(C)C=Nc1cc(C)c(Cc2cccc(OC)c2)cc1Cl. The van der Waals surface area contributed by atoms with E-state index in [1.165, 1.54) is 16.7 Å². The van der Waals surface area contributed by atoms with Gasteiger partial charge >= 0.3 is 0 Å². The molecule has 0 radical (unpaired) electrons. The Morgan fingerprint density at radius 1 is 1.26 bits per heavy atom. The Kier molecular flexibility index (Phi) is 6.05. The number of ether oxygens (including phenoxy) is 1. The molecular formula is C19H23ClN2O. The molecule has 2 aromatic carbocycles. The lowest BCUT2D eigenvalue weighted by Crippen LogP contribution is -2.14. The van der Waals surface area contributed by atoms with Crippen LogP contribution in [-0.2, 0) is 6.42 Å². The summed E-state index contributed by atoms with van der Waals surface area (Å²) in [5, 5.41) is 0.675. The highest BCUT2D eigenvalue weighted by molar-refractivity contribution is 6.33. The third-order valence-corrected chi connectivity index (χ3v) is 4.13. The Bertz CT molecular complexity index is 698. The maximum Gasteiger partial charge on any atom is 0.119 e. The van der Waals surface area contributed by atoms with E-state index in [0.29, 0.717) is 5.02 Å². The smallest absolute Gasteiger partial charge is 0.119 e. The second kappa shape index (κ2) is 8.02. The molecule has 0 unspecified atom stereocenters. The van der Waals surface area contributed by atoms with Crippen LogP contribution in [0.2, 0.25) is 5.02 Å². The first-order chi connectivity index (χ1) is 11.0. The molecule has 3 nitrogen and oxygen atoms in total. The number of hydrogen-bond acceptors (Lipinski definition) is 2. The summed E-state index contributed by atoms with van der Waals surface area (Å²) in [7, 11) is 3.67. The Morgan fingerprint density at radius 3 is 2.74 bits per heavy atom. The van der Waals surface area contributed by atoms with Gasteiger partial charge in [0, 0.05) is 13.6 Å². The first kappa shape index (κ1) is 17.4. The molecule has 0 amide bonds. The minimum Gasteiger partial charge on any atom is -0.497 e. The quantitative estimate of drug-likeness (QED) is 0.558. The van der Waals surface area contributed by atoms with Gasteiger partial charge < -0.3 is 9.64 Å². The van der Waals surface area contributed by atoms with Crippen molar-refractivity contribution in [3.8, 4) is 5.75 Å². The molecule has 0 fully saturated rings. The number of hydrogen-bond donors (Lipinski definition) is 0. The number of aryl methyl sites for hydroxylation is 1. The fraction of sp³-hybridized carbons (Fsp3) is 0.316. The molecule has 0 N–H and O–H groups in total. The van der Waals surface area contributed by atoms with Gasteiger partial charge in [0.05, 0.1) is 24.2 Å². The summed E-state index contributed by atoms with van der Waals surface area (Å²) in [4.78, 5) is 6.47. The van der Waals surface area contributed by atoms with Crippen molar-refractivity contribution < 1.29 is 4.74 Å². The molecule has 0 atom stereocenters. The van der Waals surface area contributed by atoms with E-state index in [-0.39, 0.29) is 0 Å². The van der Waals surface area contributed by atoms with Crippen molar-refractivity contribution in [2.75, 3.05) is 20.7 Å². The summed E-state index contributed by atoms with van der Waals surface area (Å²) < 4.78 is 5.28. The van der Waals surface area contributed by atoms with Crippen molar-refractivity contribution >= 4 is 23.6 Å². The molecule has 2 aromatic rings. The fourth-order valence-electron chi connectivity index (χ4n) is 2.24. The van der Waals surface area contributed by atoms with E-state index in [9.17, 15) is 0 Å². The average Bonchev–Trinajstić information content (AvgIpc) is 2.56. The van der Waals surface area contributed by atoms with Crippen LogP contribution in [0.15, 0.2) is 41.4 Å². The Hall–Kier alpha value is -2.00. The number of rotatable bonds is 6. The molecule has 0 bridgehead atoms. The van der Waals surface area contributed by atoms with Crippen molar-refractivity contribution in [2.45, 2.75) is 20.3 Å². The van der Waals surface area contributed by atoms with E-state index in [1.54, 1.807) is 7.11 Å². The normalized spacial score (nSPS) is 11.0. The monoisotopic (exact) mass is 330 g/mol. The third-order valence-electron chi connectivity index (χ3n) is 3.83. The lowest BCUT2D eigenvalue weighted by Gasteiger charge is -2.11. The maximum atomic E-state index is 6.40. The summed E-state index contributed by atoms with van der Waals surface area (Å²) in [6.07, 6.45) is 2.63. The van der Waals surface area contributed by atoms with Gasteiger partial charge in [-0.05, 0) is 61.2 Å². The zero-order chi connectivity index (χ0) is 16.8. The van der Waals surface area contributed by atoms with Crippen LogP contribution in [0.3, 0.4) is 0 Å². The minimum absolute atomic E-state index is 0.675. The van der Waals surface area contributed by atoms with Gasteiger partial charge in [-0.3, -0.25) is 0 Å².